The molecule has 0 saturated heterocycles. The third-order valence-corrected chi connectivity index (χ3v) is 5.32. The second-order valence-corrected chi connectivity index (χ2v) is 9.12. The summed E-state index contributed by atoms with van der Waals surface area (Å²) in [6, 6.07) is 8.13. The number of nitrogens with one attached hydrogen (secondary N) is 3. The largest absolute Gasteiger partial charge is 0.451 e. The van der Waals surface area contributed by atoms with Gasteiger partial charge in [0.15, 0.2) is 6.61 Å². The number of hydrogen-bond acceptors (Lipinski definition) is 7. The summed E-state index contributed by atoms with van der Waals surface area (Å²) in [5.74, 6) is -1.74. The van der Waals surface area contributed by atoms with E-state index < -0.39 is 28.5 Å². The van der Waals surface area contributed by atoms with Crippen LogP contribution >= 0.6 is 11.3 Å². The topological polar surface area (TPSA) is 131 Å². The van der Waals surface area contributed by atoms with Crippen LogP contribution in [0.1, 0.15) is 32.9 Å². The molecule has 1 aliphatic carbocycles. The molecule has 1 aliphatic rings. The summed E-state index contributed by atoms with van der Waals surface area (Å²) < 4.78 is 29.9. The molecule has 29 heavy (non-hydrogen) atoms. The Bertz CT molecular complexity index is 1040. The van der Waals surface area contributed by atoms with Crippen molar-refractivity contribution in [3.8, 4) is 0 Å². The smallest absolute Gasteiger partial charge is 0.350 e. The van der Waals surface area contributed by atoms with E-state index in [9.17, 15) is 22.8 Å². The van der Waals surface area contributed by atoms with E-state index in [1.54, 1.807) is 24.3 Å². The number of esters is 1. The highest BCUT2D eigenvalue weighted by atomic mass is 32.2. The second kappa shape index (κ2) is 8.62. The van der Waals surface area contributed by atoms with Gasteiger partial charge in [-0.25, -0.2) is 13.2 Å². The van der Waals surface area contributed by atoms with Crippen LogP contribution in [0.25, 0.3) is 0 Å². The quantitative estimate of drug-likeness (QED) is 0.540. The van der Waals surface area contributed by atoms with Crippen molar-refractivity contribution < 1.29 is 27.5 Å². The molecule has 0 radical (unpaired) electrons. The lowest BCUT2D eigenvalue weighted by Crippen LogP contribution is -2.28. The molecule has 2 amide bonds. The minimum Gasteiger partial charge on any atom is -0.451 e. The summed E-state index contributed by atoms with van der Waals surface area (Å²) in [4.78, 5) is 36.7. The maximum absolute atomic E-state index is 12.3. The van der Waals surface area contributed by atoms with E-state index >= 15 is 0 Å². The lowest BCUT2D eigenvalue weighted by Gasteiger charge is -2.11. The Labute approximate surface area is 171 Å². The first-order valence-electron chi connectivity index (χ1n) is 8.65. The first-order chi connectivity index (χ1) is 13.7. The van der Waals surface area contributed by atoms with Crippen LogP contribution in [0.5, 0.6) is 0 Å². The van der Waals surface area contributed by atoms with E-state index in [1.165, 1.54) is 11.4 Å². The summed E-state index contributed by atoms with van der Waals surface area (Å²) in [6.45, 7) is -0.590. The monoisotopic (exact) mass is 437 g/mol. The number of para-hydroxylation sites is 1. The van der Waals surface area contributed by atoms with Crippen molar-refractivity contribution in [2.45, 2.75) is 18.9 Å². The number of ether oxygens (including phenoxy) is 1. The molecule has 0 aliphatic heterocycles. The van der Waals surface area contributed by atoms with Crippen LogP contribution in [0.4, 0.5) is 11.4 Å². The molecular formula is C18H19N3O6S2. The van der Waals surface area contributed by atoms with Gasteiger partial charge >= 0.3 is 5.97 Å². The van der Waals surface area contributed by atoms with Gasteiger partial charge in [-0.15, -0.1) is 11.3 Å². The molecule has 154 valence electrons. The molecule has 11 heteroatoms. The second-order valence-electron chi connectivity index (χ2n) is 6.46. The van der Waals surface area contributed by atoms with Crippen LogP contribution in [-0.2, 0) is 19.6 Å². The summed E-state index contributed by atoms with van der Waals surface area (Å²) in [7, 11) is -3.56. The first-order valence-corrected chi connectivity index (χ1v) is 11.4. The van der Waals surface area contributed by atoms with E-state index in [0.29, 0.717) is 11.3 Å². The summed E-state index contributed by atoms with van der Waals surface area (Å²) in [6.07, 6.45) is 2.84. The molecule has 9 nitrogen and oxygen atoms in total. The van der Waals surface area contributed by atoms with Crippen LogP contribution in [0, 0.1) is 0 Å². The number of anilines is 2. The normalized spacial score (nSPS) is 13.4. The van der Waals surface area contributed by atoms with Gasteiger partial charge in [0.25, 0.3) is 11.8 Å². The summed E-state index contributed by atoms with van der Waals surface area (Å²) in [5.41, 5.74) is 0.712. The van der Waals surface area contributed by atoms with Gasteiger partial charge in [-0.2, -0.15) is 0 Å². The van der Waals surface area contributed by atoms with Gasteiger partial charge in [-0.05, 0) is 36.4 Å². The molecule has 0 unspecified atom stereocenters. The molecule has 1 heterocycles. The average Bonchev–Trinajstić information content (AvgIpc) is 3.35. The minimum absolute atomic E-state index is 0.0347. The van der Waals surface area contributed by atoms with Crippen molar-refractivity contribution in [2.75, 3.05) is 22.9 Å². The number of carbonyl (C=O) groups is 3. The zero-order valence-electron chi connectivity index (χ0n) is 15.4. The van der Waals surface area contributed by atoms with E-state index in [4.69, 9.17) is 4.74 Å². The Kier molecular flexibility index (Phi) is 6.18. The lowest BCUT2D eigenvalue weighted by molar-refractivity contribution is -0.119. The number of amides is 2. The molecule has 3 N–H and O–H groups in total. The number of benzene rings is 1. The number of hydrogen-bond donors (Lipinski definition) is 3. The SMILES string of the molecule is CS(=O)(=O)Nc1ccsc1C(=O)OCC(=O)Nc1ccccc1C(=O)NC1CC1. The van der Waals surface area contributed by atoms with Crippen LogP contribution in [-0.4, -0.2) is 45.1 Å². The summed E-state index contributed by atoms with van der Waals surface area (Å²) in [5, 5.41) is 6.93. The van der Waals surface area contributed by atoms with E-state index in [1.807, 2.05) is 0 Å². The van der Waals surface area contributed by atoms with Gasteiger partial charge in [0.2, 0.25) is 10.0 Å². The van der Waals surface area contributed by atoms with Crippen LogP contribution in [0.3, 0.4) is 0 Å². The molecule has 1 aromatic heterocycles. The van der Waals surface area contributed by atoms with Gasteiger partial charge in [-0.3, -0.25) is 14.3 Å². The molecule has 1 saturated carbocycles. The highest BCUT2D eigenvalue weighted by molar-refractivity contribution is 7.92. The maximum atomic E-state index is 12.3. The van der Waals surface area contributed by atoms with Crippen molar-refractivity contribution in [3.63, 3.8) is 0 Å². The van der Waals surface area contributed by atoms with Crippen molar-refractivity contribution >= 4 is 50.5 Å². The molecule has 2 aromatic rings. The first kappa shape index (κ1) is 20.8. The van der Waals surface area contributed by atoms with E-state index in [-0.39, 0.29) is 22.5 Å². The molecule has 0 spiro atoms. The van der Waals surface area contributed by atoms with Gasteiger partial charge in [0.05, 0.1) is 23.2 Å². The average molecular weight is 437 g/mol. The van der Waals surface area contributed by atoms with Crippen LogP contribution in [0.15, 0.2) is 35.7 Å². The lowest BCUT2D eigenvalue weighted by atomic mass is 10.1. The zero-order chi connectivity index (χ0) is 21.0. The fourth-order valence-electron chi connectivity index (χ4n) is 2.41. The minimum atomic E-state index is -3.56. The maximum Gasteiger partial charge on any atom is 0.350 e. The van der Waals surface area contributed by atoms with E-state index in [2.05, 4.69) is 15.4 Å². The Hall–Kier alpha value is -2.92. The Morgan fingerprint density at radius 3 is 2.55 bits per heavy atom. The fourth-order valence-corrected chi connectivity index (χ4v) is 3.79. The third-order valence-electron chi connectivity index (χ3n) is 3.84. The Morgan fingerprint density at radius 2 is 1.86 bits per heavy atom. The highest BCUT2D eigenvalue weighted by Crippen LogP contribution is 2.24. The zero-order valence-corrected chi connectivity index (χ0v) is 17.1. The van der Waals surface area contributed by atoms with Crippen molar-refractivity contribution in [1.82, 2.24) is 5.32 Å². The Balaban J connectivity index is 1.59. The Morgan fingerprint density at radius 1 is 1.14 bits per heavy atom. The number of carbonyl (C=O) groups excluding carboxylic acids is 3. The predicted molar refractivity (Wildman–Crippen MR) is 109 cm³/mol. The molecule has 1 aromatic carbocycles. The van der Waals surface area contributed by atoms with Crippen LogP contribution < -0.4 is 15.4 Å². The van der Waals surface area contributed by atoms with Gasteiger partial charge < -0.3 is 15.4 Å². The van der Waals surface area contributed by atoms with Gasteiger partial charge in [0, 0.05) is 6.04 Å². The molecule has 0 bridgehead atoms. The predicted octanol–water partition coefficient (Wildman–Crippen LogP) is 1.81. The number of sulfonamides is 1. The van der Waals surface area contributed by atoms with Crippen LogP contribution in [0.2, 0.25) is 0 Å². The number of thiophene rings is 1. The van der Waals surface area contributed by atoms with Gasteiger partial charge in [-0.1, -0.05) is 12.1 Å². The van der Waals surface area contributed by atoms with Crippen molar-refractivity contribution in [3.05, 3.63) is 46.2 Å². The molecule has 1 fully saturated rings. The molecular weight excluding hydrogens is 418 g/mol. The molecule has 3 rings (SSSR count). The summed E-state index contributed by atoms with van der Waals surface area (Å²) >= 11 is 0.986. The standard InChI is InChI=1S/C18H19N3O6S2/c1-29(25,26)21-14-8-9-28-16(14)18(24)27-10-15(22)20-13-5-3-2-4-12(13)17(23)19-11-6-7-11/h2-5,8-9,11,21H,6-7,10H2,1H3,(H,19,23)(H,20,22). The van der Waals surface area contributed by atoms with Gasteiger partial charge in [0.1, 0.15) is 4.88 Å². The van der Waals surface area contributed by atoms with E-state index in [0.717, 1.165) is 30.4 Å². The third kappa shape index (κ3) is 6.03. The van der Waals surface area contributed by atoms with Crippen molar-refractivity contribution in [2.24, 2.45) is 0 Å². The highest BCUT2D eigenvalue weighted by Gasteiger charge is 2.25. The molecule has 0 atom stereocenters. The fraction of sp³-hybridized carbons (Fsp3) is 0.278. The number of rotatable bonds is 8. The van der Waals surface area contributed by atoms with Crippen molar-refractivity contribution in [1.29, 1.82) is 0 Å².